The van der Waals surface area contributed by atoms with Crippen molar-refractivity contribution in [1.82, 2.24) is 9.80 Å². The van der Waals surface area contributed by atoms with Gasteiger partial charge < -0.3 is 19.2 Å². The van der Waals surface area contributed by atoms with Crippen molar-refractivity contribution in [2.24, 2.45) is 5.92 Å². The Hall–Kier alpha value is -1.57. The van der Waals surface area contributed by atoms with E-state index in [1.165, 1.54) is 0 Å². The summed E-state index contributed by atoms with van der Waals surface area (Å²) < 4.78 is 35.3. The molecule has 0 aromatic rings. The van der Waals surface area contributed by atoms with E-state index in [-0.39, 0.29) is 19.6 Å². The van der Waals surface area contributed by atoms with Gasteiger partial charge >= 0.3 is 12.2 Å². The highest BCUT2D eigenvalue weighted by molar-refractivity contribution is 6.76. The van der Waals surface area contributed by atoms with Crippen molar-refractivity contribution in [2.75, 3.05) is 19.6 Å². The molecule has 7 nitrogen and oxygen atoms in total. The maximum Gasteiger partial charge on any atom is 0.411 e. The minimum Gasteiger partial charge on any atom is -0.450 e. The Morgan fingerprint density at radius 1 is 1.31 bits per heavy atom. The number of carbonyl (C=O) groups excluding carboxylic acids is 3. The molecule has 3 atom stereocenters. The standard InChI is InChI=1S/C18H32N2O5Si/c1-18(2,3)25-17(23)20-14-9-13(15(20)12-21)10-19(11-14)16(22)24-7-8-26(4,5)6/h12-15H,7-11H2,1-6H3/t13-,14+,15-/m0/s1/i10D2,12D. The lowest BCUT2D eigenvalue weighted by Crippen LogP contribution is -2.48. The van der Waals surface area contributed by atoms with Crippen LogP contribution in [0.25, 0.3) is 0 Å². The van der Waals surface area contributed by atoms with Crippen molar-refractivity contribution in [3.8, 4) is 0 Å². The van der Waals surface area contributed by atoms with E-state index in [0.717, 1.165) is 15.8 Å². The quantitative estimate of drug-likeness (QED) is 0.547. The van der Waals surface area contributed by atoms with Crippen molar-refractivity contribution in [2.45, 2.75) is 70.6 Å². The summed E-state index contributed by atoms with van der Waals surface area (Å²) in [6.07, 6.45) is -2.47. The van der Waals surface area contributed by atoms with Gasteiger partial charge in [-0.25, -0.2) is 9.59 Å². The molecular formula is C18H32N2O5Si. The minimum absolute atomic E-state index is 0.113. The number of carbonyl (C=O) groups is 3. The lowest BCUT2D eigenvalue weighted by molar-refractivity contribution is -0.112. The van der Waals surface area contributed by atoms with Gasteiger partial charge in [0.05, 0.1) is 18.7 Å². The van der Waals surface area contributed by atoms with Gasteiger partial charge in [0.1, 0.15) is 13.2 Å². The van der Waals surface area contributed by atoms with Crippen molar-refractivity contribution in [3.05, 3.63) is 0 Å². The van der Waals surface area contributed by atoms with E-state index in [0.29, 0.717) is 0 Å². The molecule has 2 aliphatic rings. The van der Waals surface area contributed by atoms with Gasteiger partial charge in [-0.05, 0) is 33.2 Å². The summed E-state index contributed by atoms with van der Waals surface area (Å²) in [6.45, 7) is 9.36. The Balaban J connectivity index is 2.24. The van der Waals surface area contributed by atoms with Crippen molar-refractivity contribution >= 4 is 26.5 Å². The van der Waals surface area contributed by atoms with E-state index in [1.54, 1.807) is 20.8 Å². The summed E-state index contributed by atoms with van der Waals surface area (Å²) in [5.41, 5.74) is -0.808. The zero-order valence-electron chi connectivity index (χ0n) is 19.5. The molecule has 2 fully saturated rings. The van der Waals surface area contributed by atoms with Crippen LogP contribution < -0.4 is 0 Å². The first kappa shape index (κ1) is 16.6. The second-order valence-corrected chi connectivity index (χ2v) is 14.7. The maximum absolute atomic E-state index is 12.7. The number of ether oxygens (including phenoxy) is 2. The number of rotatable bonds is 4. The van der Waals surface area contributed by atoms with E-state index >= 15 is 0 Å². The van der Waals surface area contributed by atoms with Crippen LogP contribution in [0.15, 0.2) is 0 Å². The van der Waals surface area contributed by atoms with Gasteiger partial charge in [0, 0.05) is 29.8 Å². The highest BCUT2D eigenvalue weighted by Gasteiger charge is 2.50. The summed E-state index contributed by atoms with van der Waals surface area (Å²) in [5, 5.41) is 0. The van der Waals surface area contributed by atoms with Gasteiger partial charge in [-0.3, -0.25) is 4.90 Å². The molecule has 0 N–H and O–H groups in total. The number of nitrogens with zero attached hydrogens (tertiary/aromatic N) is 2. The molecule has 2 rings (SSSR count). The third kappa shape index (κ3) is 5.22. The fourth-order valence-corrected chi connectivity index (χ4v) is 3.79. The van der Waals surface area contributed by atoms with Crippen molar-refractivity contribution in [3.63, 3.8) is 0 Å². The topological polar surface area (TPSA) is 76.2 Å². The van der Waals surface area contributed by atoms with E-state index in [1.807, 2.05) is 0 Å². The Morgan fingerprint density at radius 2 is 1.96 bits per heavy atom. The first-order valence-electron chi connectivity index (χ1n) is 10.5. The van der Waals surface area contributed by atoms with Gasteiger partial charge in [0.25, 0.3) is 0 Å². The number of fused-ring (bicyclic) bond motifs is 2. The SMILES string of the molecule is [2H]C(=O)[C@H]1[C@H]2C[C@H](CN(C(=O)OCC[Si](C)(C)C)C2([2H])[2H])N1C(=O)OC(C)(C)C. The molecule has 2 bridgehead atoms. The summed E-state index contributed by atoms with van der Waals surface area (Å²) in [7, 11) is -1.43. The van der Waals surface area contributed by atoms with Crippen LogP contribution in [0.5, 0.6) is 0 Å². The van der Waals surface area contributed by atoms with Crippen LogP contribution >= 0.6 is 0 Å². The molecule has 0 unspecified atom stereocenters. The number of hydrogen-bond acceptors (Lipinski definition) is 5. The molecule has 8 heteroatoms. The third-order valence-electron chi connectivity index (χ3n) is 4.34. The highest BCUT2D eigenvalue weighted by atomic mass is 28.3. The van der Waals surface area contributed by atoms with Crippen LogP contribution in [-0.4, -0.2) is 73.7 Å². The predicted octanol–water partition coefficient (Wildman–Crippen LogP) is 2.97. The smallest absolute Gasteiger partial charge is 0.411 e. The number of aldehydes is 1. The van der Waals surface area contributed by atoms with Crippen LogP contribution in [0, 0.1) is 5.92 Å². The molecule has 0 aromatic carbocycles. The molecule has 0 radical (unpaired) electrons. The monoisotopic (exact) mass is 387 g/mol. The molecule has 2 amide bonds. The molecule has 0 aromatic heterocycles. The zero-order valence-corrected chi connectivity index (χ0v) is 17.5. The third-order valence-corrected chi connectivity index (χ3v) is 6.04. The van der Waals surface area contributed by atoms with Gasteiger partial charge in [0.2, 0.25) is 0 Å². The molecule has 0 spiro atoms. The summed E-state index contributed by atoms with van der Waals surface area (Å²) in [4.78, 5) is 39.4. The molecular weight excluding hydrogens is 352 g/mol. The fraction of sp³-hybridized carbons (Fsp3) is 0.833. The molecule has 26 heavy (non-hydrogen) atoms. The lowest BCUT2D eigenvalue weighted by Gasteiger charge is -2.33. The van der Waals surface area contributed by atoms with Crippen LogP contribution in [0.3, 0.4) is 0 Å². The van der Waals surface area contributed by atoms with Crippen molar-refractivity contribution < 1.29 is 28.0 Å². The summed E-state index contributed by atoms with van der Waals surface area (Å²) in [5.74, 6) is -1.01. The average Bonchev–Trinajstić information content (AvgIpc) is 2.85. The lowest BCUT2D eigenvalue weighted by atomic mass is 9.96. The molecule has 2 aliphatic heterocycles. The largest absolute Gasteiger partial charge is 0.450 e. The van der Waals surface area contributed by atoms with Gasteiger partial charge in [0.15, 0.2) is 0 Å². The maximum atomic E-state index is 12.7. The number of amides is 2. The van der Waals surface area contributed by atoms with Gasteiger partial charge in [-0.1, -0.05) is 19.6 Å². The van der Waals surface area contributed by atoms with E-state index in [4.69, 9.17) is 13.6 Å². The summed E-state index contributed by atoms with van der Waals surface area (Å²) >= 11 is 0. The second kappa shape index (κ2) is 7.58. The first-order chi connectivity index (χ1) is 13.0. The van der Waals surface area contributed by atoms with Crippen LogP contribution in [0.1, 0.15) is 31.3 Å². The number of piperidine rings is 1. The molecule has 0 aliphatic carbocycles. The Bertz CT molecular complexity index is 677. The molecule has 0 saturated carbocycles. The zero-order chi connectivity index (χ0) is 22.4. The minimum atomic E-state index is -2.22. The molecule has 148 valence electrons. The normalized spacial score (nSPS) is 29.5. The Morgan fingerprint density at radius 3 is 2.50 bits per heavy atom. The van der Waals surface area contributed by atoms with E-state index < -0.39 is 56.6 Å². The van der Waals surface area contributed by atoms with Crippen LogP contribution in [0.4, 0.5) is 9.59 Å². The second-order valence-electron chi connectivity index (χ2n) is 9.11. The average molecular weight is 388 g/mol. The van der Waals surface area contributed by atoms with E-state index in [2.05, 4.69) is 19.6 Å². The highest BCUT2D eigenvalue weighted by Crippen LogP contribution is 2.35. The predicted molar refractivity (Wildman–Crippen MR) is 101 cm³/mol. The van der Waals surface area contributed by atoms with Gasteiger partial charge in [-0.2, -0.15) is 0 Å². The summed E-state index contributed by atoms with van der Waals surface area (Å²) in [6, 6.07) is -1.16. The Kier molecular flexibility index (Phi) is 4.84. The number of likely N-dealkylation sites (tertiary alicyclic amines) is 2. The first-order valence-corrected chi connectivity index (χ1v) is 12.7. The van der Waals surface area contributed by atoms with Crippen LogP contribution in [0.2, 0.25) is 25.7 Å². The fourth-order valence-electron chi connectivity index (χ4n) is 3.07. The number of hydrogen-bond donors (Lipinski definition) is 0. The van der Waals surface area contributed by atoms with Gasteiger partial charge in [-0.15, -0.1) is 0 Å². The van der Waals surface area contributed by atoms with Crippen molar-refractivity contribution in [1.29, 1.82) is 0 Å². The Labute approximate surface area is 161 Å². The molecule has 2 heterocycles. The van der Waals surface area contributed by atoms with Crippen LogP contribution in [-0.2, 0) is 14.3 Å². The van der Waals surface area contributed by atoms with E-state index in [9.17, 15) is 14.4 Å². The molecule has 2 saturated heterocycles.